The van der Waals surface area contributed by atoms with E-state index in [1.165, 1.54) is 17.0 Å². The van der Waals surface area contributed by atoms with Gasteiger partial charge in [0.25, 0.3) is 5.91 Å². The number of halogens is 4. The molecule has 0 aliphatic carbocycles. The van der Waals surface area contributed by atoms with Gasteiger partial charge in [-0.2, -0.15) is 0 Å². The molecule has 1 aromatic rings. The first-order chi connectivity index (χ1) is 9.37. The molecule has 8 heteroatoms. The topological polar surface area (TPSA) is 38.8 Å². The molecule has 0 radical (unpaired) electrons. The van der Waals surface area contributed by atoms with Gasteiger partial charge in [-0.3, -0.25) is 4.79 Å². The van der Waals surface area contributed by atoms with Crippen molar-refractivity contribution in [3.63, 3.8) is 0 Å². The Balaban J connectivity index is 2.27. The molecule has 2 rings (SSSR count). The summed E-state index contributed by atoms with van der Waals surface area (Å²) in [5.74, 6) is -1.01. The van der Waals surface area contributed by atoms with E-state index < -0.39 is 18.0 Å². The number of carbonyl (C=O) groups is 1. The zero-order valence-electron chi connectivity index (χ0n) is 10.2. The monoisotopic (exact) mass is 353 g/mol. The molecule has 0 atom stereocenters. The molecule has 0 N–H and O–H groups in total. The van der Waals surface area contributed by atoms with E-state index in [9.17, 15) is 18.0 Å². The van der Waals surface area contributed by atoms with E-state index in [0.717, 1.165) is 6.07 Å². The number of nitrogens with zero attached hydrogens (tertiary/aromatic N) is 1. The molecular formula is C12H11BrF3NO3. The van der Waals surface area contributed by atoms with Crippen molar-refractivity contribution in [3.8, 4) is 5.75 Å². The summed E-state index contributed by atoms with van der Waals surface area (Å²) in [6.07, 6.45) is -4.85. The fourth-order valence-corrected chi connectivity index (χ4v) is 2.16. The van der Waals surface area contributed by atoms with E-state index in [1.54, 1.807) is 0 Å². The minimum atomic E-state index is -4.85. The molecule has 1 aromatic carbocycles. The van der Waals surface area contributed by atoms with Crippen LogP contribution >= 0.6 is 15.9 Å². The second-order valence-corrected chi connectivity index (χ2v) is 5.01. The Labute approximate surface area is 121 Å². The third-order valence-electron chi connectivity index (χ3n) is 2.70. The van der Waals surface area contributed by atoms with E-state index in [1.807, 2.05) is 0 Å². The Morgan fingerprint density at radius 1 is 1.30 bits per heavy atom. The summed E-state index contributed by atoms with van der Waals surface area (Å²) in [7, 11) is 0. The normalized spacial score (nSPS) is 16.1. The fourth-order valence-electron chi connectivity index (χ4n) is 1.82. The predicted octanol–water partition coefficient (Wildman–Crippen LogP) is 2.82. The number of amides is 1. The molecule has 0 saturated carbocycles. The number of ether oxygens (including phenoxy) is 2. The lowest BCUT2D eigenvalue weighted by atomic mass is 10.1. The van der Waals surface area contributed by atoms with Gasteiger partial charge in [0.1, 0.15) is 5.75 Å². The quantitative estimate of drug-likeness (QED) is 0.820. The lowest BCUT2D eigenvalue weighted by Gasteiger charge is -2.27. The maximum atomic E-state index is 12.4. The summed E-state index contributed by atoms with van der Waals surface area (Å²) in [6, 6.07) is 3.93. The van der Waals surface area contributed by atoms with Crippen LogP contribution in [0.1, 0.15) is 10.4 Å². The smallest absolute Gasteiger partial charge is 0.405 e. The molecule has 1 aliphatic rings. The summed E-state index contributed by atoms with van der Waals surface area (Å²) in [4.78, 5) is 13.7. The van der Waals surface area contributed by atoms with E-state index >= 15 is 0 Å². The molecule has 110 valence electrons. The highest BCUT2D eigenvalue weighted by Crippen LogP contribution is 2.30. The first-order valence-corrected chi connectivity index (χ1v) is 6.58. The molecular weight excluding hydrogens is 343 g/mol. The zero-order valence-corrected chi connectivity index (χ0v) is 11.8. The first-order valence-electron chi connectivity index (χ1n) is 5.79. The van der Waals surface area contributed by atoms with E-state index in [2.05, 4.69) is 20.7 Å². The van der Waals surface area contributed by atoms with Crippen molar-refractivity contribution in [2.45, 2.75) is 6.36 Å². The SMILES string of the molecule is O=C(c1ccc(Br)cc1OC(F)(F)F)N1CCOCC1. The molecule has 1 aliphatic heterocycles. The summed E-state index contributed by atoms with van der Waals surface area (Å²) in [6.45, 7) is 1.44. The molecule has 1 fully saturated rings. The van der Waals surface area contributed by atoms with Gasteiger partial charge in [0.2, 0.25) is 0 Å². The molecule has 0 unspecified atom stereocenters. The molecule has 0 aromatic heterocycles. The van der Waals surface area contributed by atoms with Crippen molar-refractivity contribution < 1.29 is 27.4 Å². The average Bonchev–Trinajstić information content (AvgIpc) is 2.37. The van der Waals surface area contributed by atoms with Crippen molar-refractivity contribution in [3.05, 3.63) is 28.2 Å². The number of hydrogen-bond donors (Lipinski definition) is 0. The van der Waals surface area contributed by atoms with Crippen LogP contribution in [0.2, 0.25) is 0 Å². The van der Waals surface area contributed by atoms with Gasteiger partial charge in [-0.1, -0.05) is 15.9 Å². The molecule has 0 spiro atoms. The maximum Gasteiger partial charge on any atom is 0.573 e. The molecule has 20 heavy (non-hydrogen) atoms. The van der Waals surface area contributed by atoms with Gasteiger partial charge in [-0.15, -0.1) is 13.2 Å². The standard InChI is InChI=1S/C12H11BrF3NO3/c13-8-1-2-9(10(7-8)20-12(14,15)16)11(18)17-3-5-19-6-4-17/h1-2,7H,3-6H2. The van der Waals surface area contributed by atoms with Gasteiger partial charge in [-0.25, -0.2) is 0 Å². The van der Waals surface area contributed by atoms with Crippen molar-refractivity contribution in [1.29, 1.82) is 0 Å². The number of morpholine rings is 1. The molecule has 1 amide bonds. The Hall–Kier alpha value is -1.28. The number of alkyl halides is 3. The molecule has 1 heterocycles. The van der Waals surface area contributed by atoms with Crippen LogP contribution in [-0.4, -0.2) is 43.5 Å². The van der Waals surface area contributed by atoms with Gasteiger partial charge in [0.05, 0.1) is 18.8 Å². The minimum Gasteiger partial charge on any atom is -0.405 e. The minimum absolute atomic E-state index is 0.118. The lowest BCUT2D eigenvalue weighted by molar-refractivity contribution is -0.274. The summed E-state index contributed by atoms with van der Waals surface area (Å²) in [5.41, 5.74) is -0.118. The van der Waals surface area contributed by atoms with Crippen molar-refractivity contribution >= 4 is 21.8 Å². The van der Waals surface area contributed by atoms with Gasteiger partial charge < -0.3 is 14.4 Å². The van der Waals surface area contributed by atoms with Gasteiger partial charge in [-0.05, 0) is 18.2 Å². The average molecular weight is 354 g/mol. The predicted molar refractivity (Wildman–Crippen MR) is 67.5 cm³/mol. The van der Waals surface area contributed by atoms with Crippen LogP contribution in [0.25, 0.3) is 0 Å². The van der Waals surface area contributed by atoms with Crippen molar-refractivity contribution in [1.82, 2.24) is 4.90 Å². The van der Waals surface area contributed by atoms with Crippen molar-refractivity contribution in [2.24, 2.45) is 0 Å². The summed E-state index contributed by atoms with van der Waals surface area (Å²) >= 11 is 3.06. The van der Waals surface area contributed by atoms with Gasteiger partial charge in [0.15, 0.2) is 0 Å². The van der Waals surface area contributed by atoms with E-state index in [0.29, 0.717) is 30.8 Å². The Morgan fingerprint density at radius 3 is 2.55 bits per heavy atom. The second-order valence-electron chi connectivity index (χ2n) is 4.09. The molecule has 1 saturated heterocycles. The van der Waals surface area contributed by atoms with E-state index in [4.69, 9.17) is 4.74 Å². The Morgan fingerprint density at radius 2 is 1.95 bits per heavy atom. The highest BCUT2D eigenvalue weighted by molar-refractivity contribution is 9.10. The van der Waals surface area contributed by atoms with Crippen LogP contribution < -0.4 is 4.74 Å². The zero-order chi connectivity index (χ0) is 14.8. The van der Waals surface area contributed by atoms with E-state index in [-0.39, 0.29) is 5.56 Å². The highest BCUT2D eigenvalue weighted by Gasteiger charge is 2.33. The Kier molecular flexibility index (Phi) is 4.54. The van der Waals surface area contributed by atoms with Gasteiger partial charge >= 0.3 is 6.36 Å². The maximum absolute atomic E-state index is 12.4. The number of rotatable bonds is 2. The number of benzene rings is 1. The third-order valence-corrected chi connectivity index (χ3v) is 3.19. The molecule has 4 nitrogen and oxygen atoms in total. The van der Waals surface area contributed by atoms with Crippen molar-refractivity contribution in [2.75, 3.05) is 26.3 Å². The third kappa shape index (κ3) is 3.86. The second kappa shape index (κ2) is 6.01. The van der Waals surface area contributed by atoms with Crippen LogP contribution in [0.15, 0.2) is 22.7 Å². The lowest BCUT2D eigenvalue weighted by Crippen LogP contribution is -2.41. The van der Waals surface area contributed by atoms with Crippen LogP contribution in [-0.2, 0) is 4.74 Å². The number of carbonyl (C=O) groups excluding carboxylic acids is 1. The highest BCUT2D eigenvalue weighted by atomic mass is 79.9. The van der Waals surface area contributed by atoms with Crippen LogP contribution in [0, 0.1) is 0 Å². The summed E-state index contributed by atoms with van der Waals surface area (Å²) < 4.78 is 46.5. The summed E-state index contributed by atoms with van der Waals surface area (Å²) in [5, 5.41) is 0. The van der Waals surface area contributed by atoms with Crippen LogP contribution in [0.5, 0.6) is 5.75 Å². The Bertz CT molecular complexity index is 501. The largest absolute Gasteiger partial charge is 0.573 e. The molecule has 0 bridgehead atoms. The fraction of sp³-hybridized carbons (Fsp3) is 0.417. The van der Waals surface area contributed by atoms with Gasteiger partial charge in [0, 0.05) is 17.6 Å². The van der Waals surface area contributed by atoms with Crippen LogP contribution in [0.4, 0.5) is 13.2 Å². The van der Waals surface area contributed by atoms with Crippen LogP contribution in [0.3, 0.4) is 0 Å². The number of hydrogen-bond acceptors (Lipinski definition) is 3. The first kappa shape index (κ1) is 15.1.